The molecule has 6 nitrogen and oxygen atoms in total. The molecule has 36 heavy (non-hydrogen) atoms. The molecular formula is C30H29NO5. The summed E-state index contributed by atoms with van der Waals surface area (Å²) in [6, 6.07) is 22.6. The van der Waals surface area contributed by atoms with Crippen molar-refractivity contribution in [1.29, 1.82) is 0 Å². The van der Waals surface area contributed by atoms with E-state index in [9.17, 15) is 9.59 Å². The summed E-state index contributed by atoms with van der Waals surface area (Å²) >= 11 is 0. The van der Waals surface area contributed by atoms with Gasteiger partial charge in [0.1, 0.15) is 23.1 Å². The lowest BCUT2D eigenvalue weighted by atomic mass is 9.93. The highest BCUT2D eigenvalue weighted by molar-refractivity contribution is 6.00. The van der Waals surface area contributed by atoms with Crippen LogP contribution in [0.4, 0.5) is 0 Å². The molecule has 0 aliphatic heterocycles. The molecule has 0 amide bonds. The third-order valence-electron chi connectivity index (χ3n) is 6.06. The molecule has 0 fully saturated rings. The summed E-state index contributed by atoms with van der Waals surface area (Å²) in [4.78, 5) is 29.3. The number of nitrogens with zero attached hydrogens (tertiary/aromatic N) is 1. The number of methoxy groups -OCH3 is 2. The molecule has 0 aliphatic carbocycles. The zero-order valence-corrected chi connectivity index (χ0v) is 20.7. The van der Waals surface area contributed by atoms with Gasteiger partial charge in [0, 0.05) is 30.5 Å². The van der Waals surface area contributed by atoms with E-state index in [1.807, 2.05) is 67.6 Å². The molecule has 3 aromatic carbocycles. The molecule has 1 aromatic heterocycles. The van der Waals surface area contributed by atoms with Crippen LogP contribution in [0.5, 0.6) is 23.0 Å². The lowest BCUT2D eigenvalue weighted by Crippen LogP contribution is -2.12. The average molecular weight is 484 g/mol. The van der Waals surface area contributed by atoms with Crippen LogP contribution in [-0.2, 0) is 16.0 Å². The second-order valence-electron chi connectivity index (χ2n) is 8.73. The summed E-state index contributed by atoms with van der Waals surface area (Å²) in [6.45, 7) is 2.01. The quantitative estimate of drug-likeness (QED) is 0.233. The molecule has 0 saturated heterocycles. The van der Waals surface area contributed by atoms with Crippen LogP contribution in [0.2, 0.25) is 0 Å². The van der Waals surface area contributed by atoms with E-state index in [0.29, 0.717) is 29.4 Å². The van der Waals surface area contributed by atoms with Crippen molar-refractivity contribution in [3.8, 4) is 23.0 Å². The van der Waals surface area contributed by atoms with Crippen molar-refractivity contribution < 1.29 is 23.8 Å². The summed E-state index contributed by atoms with van der Waals surface area (Å²) in [7, 11) is 3.16. The molecule has 0 aliphatic rings. The minimum atomic E-state index is -0.0879. The fourth-order valence-electron chi connectivity index (χ4n) is 4.16. The second kappa shape index (κ2) is 11.5. The normalized spacial score (nSPS) is 11.6. The second-order valence-corrected chi connectivity index (χ2v) is 8.73. The van der Waals surface area contributed by atoms with Gasteiger partial charge >= 0.3 is 0 Å². The SMILES string of the molecule is COc1cc2nccc(Oc3ccc(CC(=O)CC(=O)CC(C)c4ccccc4)cc3)c2cc1OC. The maximum atomic E-state index is 12.5. The van der Waals surface area contributed by atoms with Crippen LogP contribution >= 0.6 is 0 Å². The summed E-state index contributed by atoms with van der Waals surface area (Å²) in [5, 5.41) is 0.789. The van der Waals surface area contributed by atoms with Crippen LogP contribution < -0.4 is 14.2 Å². The Morgan fingerprint density at radius 3 is 2.22 bits per heavy atom. The molecule has 1 unspecified atom stereocenters. The van der Waals surface area contributed by atoms with Gasteiger partial charge in [-0.1, -0.05) is 49.4 Å². The number of pyridine rings is 1. The summed E-state index contributed by atoms with van der Waals surface area (Å²) in [5.74, 6) is 2.40. The first-order chi connectivity index (χ1) is 17.5. The van der Waals surface area contributed by atoms with E-state index in [2.05, 4.69) is 4.98 Å². The van der Waals surface area contributed by atoms with Crippen molar-refractivity contribution in [2.45, 2.75) is 32.1 Å². The third kappa shape index (κ3) is 6.08. The number of aromatic nitrogens is 1. The van der Waals surface area contributed by atoms with Crippen molar-refractivity contribution in [2.24, 2.45) is 0 Å². The lowest BCUT2D eigenvalue weighted by Gasteiger charge is -2.12. The monoisotopic (exact) mass is 483 g/mol. The molecule has 6 heteroatoms. The Morgan fingerprint density at radius 2 is 1.53 bits per heavy atom. The summed E-state index contributed by atoms with van der Waals surface area (Å²) in [5.41, 5.74) is 2.66. The molecule has 0 bridgehead atoms. The van der Waals surface area contributed by atoms with Gasteiger partial charge in [0.15, 0.2) is 11.5 Å². The Balaban J connectivity index is 1.37. The molecule has 0 radical (unpaired) electrons. The maximum Gasteiger partial charge on any atom is 0.162 e. The highest BCUT2D eigenvalue weighted by atomic mass is 16.5. The van der Waals surface area contributed by atoms with Crippen molar-refractivity contribution in [3.63, 3.8) is 0 Å². The van der Waals surface area contributed by atoms with Gasteiger partial charge in [-0.15, -0.1) is 0 Å². The predicted octanol–water partition coefficient (Wildman–Crippen LogP) is 6.31. The lowest BCUT2D eigenvalue weighted by molar-refractivity contribution is -0.126. The zero-order chi connectivity index (χ0) is 25.5. The predicted molar refractivity (Wildman–Crippen MR) is 139 cm³/mol. The fourth-order valence-corrected chi connectivity index (χ4v) is 4.16. The Morgan fingerprint density at radius 1 is 0.833 bits per heavy atom. The van der Waals surface area contributed by atoms with Crippen molar-refractivity contribution in [2.75, 3.05) is 14.2 Å². The molecule has 4 rings (SSSR count). The minimum absolute atomic E-state index is 0.0343. The average Bonchev–Trinajstić information content (AvgIpc) is 2.89. The van der Waals surface area contributed by atoms with Gasteiger partial charge in [-0.2, -0.15) is 0 Å². The Hall–Kier alpha value is -4.19. The highest BCUT2D eigenvalue weighted by Crippen LogP contribution is 2.36. The van der Waals surface area contributed by atoms with Crippen LogP contribution in [-0.4, -0.2) is 30.8 Å². The Labute approximate surface area is 210 Å². The molecular weight excluding hydrogens is 454 g/mol. The third-order valence-corrected chi connectivity index (χ3v) is 6.06. The number of rotatable bonds is 11. The molecule has 184 valence electrons. The number of hydrogen-bond donors (Lipinski definition) is 0. The van der Waals surface area contributed by atoms with E-state index in [-0.39, 0.29) is 30.3 Å². The largest absolute Gasteiger partial charge is 0.493 e. The van der Waals surface area contributed by atoms with Crippen molar-refractivity contribution in [3.05, 3.63) is 90.1 Å². The van der Waals surface area contributed by atoms with E-state index in [1.165, 1.54) is 0 Å². The Kier molecular flexibility index (Phi) is 7.95. The topological polar surface area (TPSA) is 74.7 Å². The van der Waals surface area contributed by atoms with Gasteiger partial charge in [0.25, 0.3) is 0 Å². The van der Waals surface area contributed by atoms with E-state index < -0.39 is 0 Å². The molecule has 0 N–H and O–H groups in total. The van der Waals surface area contributed by atoms with Gasteiger partial charge in [-0.25, -0.2) is 0 Å². The summed E-state index contributed by atoms with van der Waals surface area (Å²) < 4.78 is 16.9. The number of ketones is 2. The van der Waals surface area contributed by atoms with Crippen LogP contribution in [0.1, 0.15) is 36.8 Å². The summed E-state index contributed by atoms with van der Waals surface area (Å²) in [6.07, 6.45) is 2.19. The van der Waals surface area contributed by atoms with Crippen LogP contribution in [0.25, 0.3) is 10.9 Å². The van der Waals surface area contributed by atoms with Crippen LogP contribution in [0, 0.1) is 0 Å². The van der Waals surface area contributed by atoms with E-state index >= 15 is 0 Å². The number of hydrogen-bond acceptors (Lipinski definition) is 6. The van der Waals surface area contributed by atoms with Gasteiger partial charge < -0.3 is 14.2 Å². The Bertz CT molecular complexity index is 1350. The smallest absolute Gasteiger partial charge is 0.162 e. The van der Waals surface area contributed by atoms with Gasteiger partial charge in [0.05, 0.1) is 26.2 Å². The number of carbonyl (C=O) groups is 2. The first kappa shape index (κ1) is 24.9. The first-order valence-electron chi connectivity index (χ1n) is 11.8. The molecule has 4 aromatic rings. The van der Waals surface area contributed by atoms with Crippen LogP contribution in [0.3, 0.4) is 0 Å². The van der Waals surface area contributed by atoms with Crippen LogP contribution in [0.15, 0.2) is 79.0 Å². The number of benzene rings is 3. The molecule has 0 spiro atoms. The number of carbonyl (C=O) groups excluding carboxylic acids is 2. The zero-order valence-electron chi connectivity index (χ0n) is 20.7. The molecule has 0 saturated carbocycles. The highest BCUT2D eigenvalue weighted by Gasteiger charge is 2.16. The van der Waals surface area contributed by atoms with Crippen molar-refractivity contribution >= 4 is 22.5 Å². The standard InChI is InChI=1S/C30H29NO5/c1-20(22-7-5-4-6-8-22)15-23(32)17-24(33)16-21-9-11-25(12-10-21)36-28-13-14-31-27-19-30(35-3)29(34-2)18-26(27)28/h4-14,18-20H,15-17H2,1-3H3. The van der Waals surface area contributed by atoms with E-state index in [1.54, 1.807) is 32.5 Å². The minimum Gasteiger partial charge on any atom is -0.493 e. The van der Waals surface area contributed by atoms with Gasteiger partial charge in [0.2, 0.25) is 0 Å². The number of ether oxygens (including phenoxy) is 3. The molecule has 1 heterocycles. The fraction of sp³-hybridized carbons (Fsp3) is 0.233. The van der Waals surface area contributed by atoms with E-state index in [4.69, 9.17) is 14.2 Å². The first-order valence-corrected chi connectivity index (χ1v) is 11.8. The maximum absolute atomic E-state index is 12.5. The van der Waals surface area contributed by atoms with Gasteiger partial charge in [-0.3, -0.25) is 14.6 Å². The number of Topliss-reactive ketones (excluding diaryl/α,β-unsaturated/α-hetero) is 2. The van der Waals surface area contributed by atoms with E-state index in [0.717, 1.165) is 22.0 Å². The number of fused-ring (bicyclic) bond motifs is 1. The molecule has 1 atom stereocenters. The van der Waals surface area contributed by atoms with Crippen molar-refractivity contribution in [1.82, 2.24) is 4.98 Å². The van der Waals surface area contributed by atoms with Gasteiger partial charge in [-0.05, 0) is 41.3 Å².